The van der Waals surface area contributed by atoms with E-state index >= 15 is 0 Å². The molecule has 0 aliphatic heterocycles. The van der Waals surface area contributed by atoms with E-state index in [2.05, 4.69) is 13.8 Å². The van der Waals surface area contributed by atoms with Crippen molar-refractivity contribution >= 4 is 5.97 Å². The summed E-state index contributed by atoms with van der Waals surface area (Å²) in [5.74, 6) is 0.350. The van der Waals surface area contributed by atoms with Gasteiger partial charge in [0.1, 0.15) is 0 Å². The third-order valence-electron chi connectivity index (χ3n) is 2.73. The van der Waals surface area contributed by atoms with Crippen LogP contribution >= 0.6 is 0 Å². The second-order valence-electron chi connectivity index (χ2n) is 4.98. The summed E-state index contributed by atoms with van der Waals surface area (Å²) in [6.45, 7) is 7.17. The molecule has 0 aromatic heterocycles. The maximum absolute atomic E-state index is 11.0. The Morgan fingerprint density at radius 2 is 1.89 bits per heavy atom. The van der Waals surface area contributed by atoms with Gasteiger partial charge >= 0.3 is 5.97 Å². The third kappa shape index (κ3) is 3.15. The molecule has 4 heteroatoms. The zero-order chi connectivity index (χ0) is 13.9. The van der Waals surface area contributed by atoms with Crippen LogP contribution in [-0.2, 0) is 4.79 Å². The molecule has 18 heavy (non-hydrogen) atoms. The Balaban J connectivity index is 3.07. The van der Waals surface area contributed by atoms with E-state index in [0.717, 1.165) is 5.56 Å². The van der Waals surface area contributed by atoms with E-state index in [-0.39, 0.29) is 0 Å². The molecular formula is C14H20O4. The van der Waals surface area contributed by atoms with Crippen molar-refractivity contribution in [3.63, 3.8) is 0 Å². The summed E-state index contributed by atoms with van der Waals surface area (Å²) in [6, 6.07) is 5.54. The second kappa shape index (κ2) is 5.29. The third-order valence-corrected chi connectivity index (χ3v) is 2.73. The smallest absolute Gasteiger partial charge is 0.347 e. The van der Waals surface area contributed by atoms with Crippen LogP contribution in [-0.4, -0.2) is 23.8 Å². The van der Waals surface area contributed by atoms with E-state index in [4.69, 9.17) is 14.6 Å². The van der Waals surface area contributed by atoms with Crippen LogP contribution in [0.5, 0.6) is 11.5 Å². The number of methoxy groups -OCH3 is 1. The van der Waals surface area contributed by atoms with Crippen LogP contribution in [0.4, 0.5) is 0 Å². The zero-order valence-corrected chi connectivity index (χ0v) is 11.5. The first-order valence-corrected chi connectivity index (χ1v) is 5.88. The highest BCUT2D eigenvalue weighted by molar-refractivity contribution is 5.77. The minimum atomic E-state index is -1.29. The lowest BCUT2D eigenvalue weighted by atomic mass is 10.0. The molecule has 0 radical (unpaired) electrons. The highest BCUT2D eigenvalue weighted by Gasteiger charge is 2.30. The number of ether oxygens (including phenoxy) is 2. The SMILES string of the molecule is COc1cc(C(C)C)ccc1OC(C)(C)C(=O)O. The fourth-order valence-electron chi connectivity index (χ4n) is 1.45. The summed E-state index contributed by atoms with van der Waals surface area (Å²) in [4.78, 5) is 11.0. The monoisotopic (exact) mass is 252 g/mol. The van der Waals surface area contributed by atoms with Gasteiger partial charge in [-0.3, -0.25) is 0 Å². The number of hydrogen-bond acceptors (Lipinski definition) is 3. The Morgan fingerprint density at radius 3 is 2.33 bits per heavy atom. The van der Waals surface area contributed by atoms with Crippen LogP contribution < -0.4 is 9.47 Å². The predicted octanol–water partition coefficient (Wildman–Crippen LogP) is 3.06. The summed E-state index contributed by atoms with van der Waals surface area (Å²) >= 11 is 0. The first kappa shape index (κ1) is 14.4. The Kier molecular flexibility index (Phi) is 4.22. The van der Waals surface area contributed by atoms with Crippen LogP contribution in [0, 0.1) is 0 Å². The summed E-state index contributed by atoms with van der Waals surface area (Å²) in [7, 11) is 1.54. The molecular weight excluding hydrogens is 232 g/mol. The number of benzene rings is 1. The molecule has 0 aliphatic rings. The fraction of sp³-hybridized carbons (Fsp3) is 0.500. The summed E-state index contributed by atoms with van der Waals surface area (Å²) in [5, 5.41) is 9.04. The molecule has 0 fully saturated rings. The number of carboxylic acids is 1. The molecule has 0 bridgehead atoms. The molecule has 1 rings (SSSR count). The predicted molar refractivity (Wildman–Crippen MR) is 69.4 cm³/mol. The average molecular weight is 252 g/mol. The van der Waals surface area contributed by atoms with Crippen molar-refractivity contribution in [2.45, 2.75) is 39.2 Å². The molecule has 0 amide bonds. The summed E-state index contributed by atoms with van der Waals surface area (Å²) in [5.41, 5.74) is -0.167. The molecule has 0 aliphatic carbocycles. The van der Waals surface area contributed by atoms with E-state index in [1.807, 2.05) is 12.1 Å². The van der Waals surface area contributed by atoms with Crippen molar-refractivity contribution in [2.24, 2.45) is 0 Å². The van der Waals surface area contributed by atoms with Crippen LogP contribution in [0.3, 0.4) is 0 Å². The lowest BCUT2D eigenvalue weighted by Crippen LogP contribution is -2.37. The lowest BCUT2D eigenvalue weighted by molar-refractivity contribution is -0.152. The van der Waals surface area contributed by atoms with Gasteiger partial charge in [0.05, 0.1) is 7.11 Å². The minimum Gasteiger partial charge on any atom is -0.493 e. The molecule has 0 heterocycles. The van der Waals surface area contributed by atoms with Gasteiger partial charge in [-0.05, 0) is 37.5 Å². The molecule has 1 aromatic rings. The van der Waals surface area contributed by atoms with Gasteiger partial charge in [-0.1, -0.05) is 19.9 Å². The van der Waals surface area contributed by atoms with Crippen molar-refractivity contribution in [1.82, 2.24) is 0 Å². The highest BCUT2D eigenvalue weighted by atomic mass is 16.5. The number of carboxylic acid groups (broad SMARTS) is 1. The quantitative estimate of drug-likeness (QED) is 0.875. The number of hydrogen-bond donors (Lipinski definition) is 1. The van der Waals surface area contributed by atoms with Crippen LogP contribution in [0.25, 0.3) is 0 Å². The van der Waals surface area contributed by atoms with Crippen LogP contribution in [0.15, 0.2) is 18.2 Å². The second-order valence-corrected chi connectivity index (χ2v) is 4.98. The van der Waals surface area contributed by atoms with Gasteiger partial charge in [-0.25, -0.2) is 4.79 Å². The van der Waals surface area contributed by atoms with E-state index in [1.165, 1.54) is 13.8 Å². The highest BCUT2D eigenvalue weighted by Crippen LogP contribution is 2.33. The van der Waals surface area contributed by atoms with Gasteiger partial charge in [0.2, 0.25) is 0 Å². The van der Waals surface area contributed by atoms with Gasteiger partial charge in [-0.2, -0.15) is 0 Å². The Hall–Kier alpha value is -1.71. The van der Waals surface area contributed by atoms with Gasteiger partial charge in [0, 0.05) is 0 Å². The summed E-state index contributed by atoms with van der Waals surface area (Å²) in [6.07, 6.45) is 0. The van der Waals surface area contributed by atoms with E-state index in [0.29, 0.717) is 17.4 Å². The number of carbonyl (C=O) groups is 1. The zero-order valence-electron chi connectivity index (χ0n) is 11.5. The summed E-state index contributed by atoms with van der Waals surface area (Å²) < 4.78 is 10.7. The number of rotatable bonds is 5. The topological polar surface area (TPSA) is 55.8 Å². The maximum Gasteiger partial charge on any atom is 0.347 e. The molecule has 0 spiro atoms. The molecule has 0 saturated carbocycles. The van der Waals surface area contributed by atoms with Gasteiger partial charge in [-0.15, -0.1) is 0 Å². The molecule has 1 N–H and O–H groups in total. The molecule has 0 atom stereocenters. The largest absolute Gasteiger partial charge is 0.493 e. The average Bonchev–Trinajstić information content (AvgIpc) is 2.28. The normalized spacial score (nSPS) is 11.4. The van der Waals surface area contributed by atoms with Crippen molar-refractivity contribution in [1.29, 1.82) is 0 Å². The molecule has 1 aromatic carbocycles. The minimum absolute atomic E-state index is 0.375. The Bertz CT molecular complexity index is 435. The maximum atomic E-state index is 11.0. The lowest BCUT2D eigenvalue weighted by Gasteiger charge is -2.23. The van der Waals surface area contributed by atoms with Crippen molar-refractivity contribution < 1.29 is 19.4 Å². The fourth-order valence-corrected chi connectivity index (χ4v) is 1.45. The first-order valence-electron chi connectivity index (χ1n) is 5.88. The van der Waals surface area contributed by atoms with Gasteiger partial charge < -0.3 is 14.6 Å². The van der Waals surface area contributed by atoms with Gasteiger partial charge in [0.25, 0.3) is 0 Å². The van der Waals surface area contributed by atoms with E-state index in [9.17, 15) is 4.79 Å². The van der Waals surface area contributed by atoms with Crippen molar-refractivity contribution in [3.8, 4) is 11.5 Å². The Morgan fingerprint density at radius 1 is 1.28 bits per heavy atom. The van der Waals surface area contributed by atoms with Crippen LogP contribution in [0.2, 0.25) is 0 Å². The molecule has 0 saturated heterocycles. The van der Waals surface area contributed by atoms with Crippen molar-refractivity contribution in [3.05, 3.63) is 23.8 Å². The molecule has 100 valence electrons. The van der Waals surface area contributed by atoms with E-state index < -0.39 is 11.6 Å². The standard InChI is InChI=1S/C14H20O4/c1-9(2)10-6-7-11(12(8-10)17-5)18-14(3,4)13(15)16/h6-9H,1-5H3,(H,15,16). The molecule has 4 nitrogen and oxygen atoms in total. The number of aliphatic carboxylic acids is 1. The Labute approximate surface area is 108 Å². The van der Waals surface area contributed by atoms with E-state index in [1.54, 1.807) is 13.2 Å². The van der Waals surface area contributed by atoms with Crippen molar-refractivity contribution in [2.75, 3.05) is 7.11 Å². The van der Waals surface area contributed by atoms with Gasteiger partial charge in [0.15, 0.2) is 17.1 Å². The van der Waals surface area contributed by atoms with Crippen LogP contribution in [0.1, 0.15) is 39.2 Å². The first-order chi connectivity index (χ1) is 8.27. The molecule has 0 unspecified atom stereocenters.